The van der Waals surface area contributed by atoms with E-state index >= 15 is 0 Å². The zero-order chi connectivity index (χ0) is 21.9. The van der Waals surface area contributed by atoms with Crippen LogP contribution in [-0.4, -0.2) is 44.8 Å². The van der Waals surface area contributed by atoms with Crippen molar-refractivity contribution in [3.63, 3.8) is 0 Å². The van der Waals surface area contributed by atoms with Gasteiger partial charge in [0.25, 0.3) is 5.56 Å². The smallest absolute Gasteiger partial charge is 0.320 e. The van der Waals surface area contributed by atoms with Gasteiger partial charge in [-0.15, -0.1) is 0 Å². The predicted octanol–water partition coefficient (Wildman–Crippen LogP) is 1.82. The van der Waals surface area contributed by atoms with Crippen LogP contribution >= 0.6 is 0 Å². The van der Waals surface area contributed by atoms with Crippen molar-refractivity contribution in [3.8, 4) is 0 Å². The number of benzene rings is 1. The van der Waals surface area contributed by atoms with Gasteiger partial charge in [0.2, 0.25) is 5.82 Å². The lowest BCUT2D eigenvalue weighted by molar-refractivity contribution is -0.162. The summed E-state index contributed by atoms with van der Waals surface area (Å²) < 4.78 is 47.0. The van der Waals surface area contributed by atoms with Gasteiger partial charge in [0, 0.05) is 18.2 Å². The first-order valence-corrected chi connectivity index (χ1v) is 8.36. The van der Waals surface area contributed by atoms with Gasteiger partial charge in [0.05, 0.1) is 17.7 Å². The summed E-state index contributed by atoms with van der Waals surface area (Å²) in [6.45, 7) is 2.41. The zero-order valence-corrected chi connectivity index (χ0v) is 15.3. The van der Waals surface area contributed by atoms with Gasteiger partial charge in [-0.05, 0) is 19.9 Å². The number of carboxylic acids is 2. The zero-order valence-electron chi connectivity index (χ0n) is 15.3. The van der Waals surface area contributed by atoms with Gasteiger partial charge in [-0.2, -0.15) is 4.39 Å². The number of halogens is 3. The van der Waals surface area contributed by atoms with E-state index in [1.165, 1.54) is 6.92 Å². The molecule has 2 rings (SSSR count). The first-order chi connectivity index (χ1) is 13.6. The minimum atomic E-state index is -2.19. The summed E-state index contributed by atoms with van der Waals surface area (Å²) in [5.41, 5.74) is -1.99. The van der Waals surface area contributed by atoms with Gasteiger partial charge in [-0.1, -0.05) is 6.07 Å². The summed E-state index contributed by atoms with van der Waals surface area (Å²) in [6, 6.07) is 2.30. The van der Waals surface area contributed by atoms with Crippen molar-refractivity contribution in [2.75, 3.05) is 6.61 Å². The summed E-state index contributed by atoms with van der Waals surface area (Å²) >= 11 is 0. The molecule has 11 heteroatoms. The van der Waals surface area contributed by atoms with Crippen LogP contribution in [-0.2, 0) is 14.3 Å². The molecular weight excluding hydrogens is 397 g/mol. The Kier molecular flexibility index (Phi) is 6.75. The number of aliphatic carboxylic acids is 2. The van der Waals surface area contributed by atoms with E-state index in [0.29, 0.717) is 6.07 Å². The van der Waals surface area contributed by atoms with Crippen LogP contribution in [0.25, 0.3) is 0 Å². The number of carbonyl (C=O) groups is 2. The van der Waals surface area contributed by atoms with Crippen molar-refractivity contribution in [1.82, 2.24) is 9.97 Å². The van der Waals surface area contributed by atoms with E-state index in [0.717, 1.165) is 19.1 Å². The molecule has 0 aliphatic carbocycles. The highest BCUT2D eigenvalue weighted by atomic mass is 19.1. The highest BCUT2D eigenvalue weighted by Gasteiger charge is 2.44. The van der Waals surface area contributed by atoms with Crippen LogP contribution in [0.5, 0.6) is 0 Å². The Morgan fingerprint density at radius 1 is 1.21 bits per heavy atom. The molecule has 1 heterocycles. The number of aromatic nitrogens is 2. The van der Waals surface area contributed by atoms with Gasteiger partial charge >= 0.3 is 11.9 Å². The molecular formula is C18H17F3N2O6. The Balaban J connectivity index is 2.82. The number of rotatable bonds is 8. The fraction of sp³-hybridized carbons (Fsp3) is 0.333. The van der Waals surface area contributed by atoms with Crippen molar-refractivity contribution >= 4 is 11.9 Å². The van der Waals surface area contributed by atoms with Crippen LogP contribution in [0.3, 0.4) is 0 Å². The number of aromatic amines is 1. The van der Waals surface area contributed by atoms with Crippen LogP contribution in [0.1, 0.15) is 29.9 Å². The molecule has 2 aromatic rings. The number of nitrogens with zero attached hydrogens (tertiary/aromatic N) is 1. The maximum Gasteiger partial charge on any atom is 0.320 e. The van der Waals surface area contributed by atoms with Gasteiger partial charge in [-0.25, -0.2) is 13.8 Å². The molecule has 2 atom stereocenters. The van der Waals surface area contributed by atoms with Crippen molar-refractivity contribution in [2.45, 2.75) is 25.9 Å². The Bertz CT molecular complexity index is 980. The second kappa shape index (κ2) is 8.86. The maximum atomic E-state index is 14.5. The van der Waals surface area contributed by atoms with Crippen LogP contribution in [0.2, 0.25) is 0 Å². The third kappa shape index (κ3) is 4.62. The lowest BCUT2D eigenvalue weighted by Crippen LogP contribution is -2.42. The molecule has 29 heavy (non-hydrogen) atoms. The van der Waals surface area contributed by atoms with Crippen LogP contribution in [0, 0.1) is 30.3 Å². The van der Waals surface area contributed by atoms with Crippen molar-refractivity contribution in [3.05, 3.63) is 63.1 Å². The number of ether oxygens (including phenoxy) is 1. The third-order valence-electron chi connectivity index (χ3n) is 4.19. The van der Waals surface area contributed by atoms with E-state index < -0.39 is 58.7 Å². The molecule has 156 valence electrons. The van der Waals surface area contributed by atoms with Gasteiger partial charge in [0.15, 0.2) is 5.92 Å². The lowest BCUT2D eigenvalue weighted by atomic mass is 9.84. The Labute approximate surface area is 162 Å². The largest absolute Gasteiger partial charge is 0.481 e. The number of aryl methyl sites for hydroxylation is 1. The monoisotopic (exact) mass is 414 g/mol. The van der Waals surface area contributed by atoms with E-state index in [2.05, 4.69) is 9.97 Å². The highest BCUT2D eigenvalue weighted by molar-refractivity contribution is 5.93. The molecule has 0 aliphatic heterocycles. The fourth-order valence-electron chi connectivity index (χ4n) is 2.94. The molecule has 0 spiro atoms. The van der Waals surface area contributed by atoms with E-state index in [1.807, 2.05) is 0 Å². The highest BCUT2D eigenvalue weighted by Crippen LogP contribution is 2.34. The molecule has 1 aromatic heterocycles. The van der Waals surface area contributed by atoms with E-state index in [1.54, 1.807) is 0 Å². The van der Waals surface area contributed by atoms with Crippen molar-refractivity contribution < 1.29 is 37.7 Å². The first kappa shape index (κ1) is 22.1. The Morgan fingerprint density at radius 2 is 1.83 bits per heavy atom. The molecule has 1 aromatic carbocycles. The summed E-state index contributed by atoms with van der Waals surface area (Å²) in [6.07, 6.45) is -1.76. The normalized spacial score (nSPS) is 13.3. The molecule has 0 saturated heterocycles. The van der Waals surface area contributed by atoms with Crippen LogP contribution in [0.4, 0.5) is 13.2 Å². The van der Waals surface area contributed by atoms with Gasteiger partial charge < -0.3 is 19.9 Å². The molecule has 3 N–H and O–H groups in total. The number of carboxylic acid groups (broad SMARTS) is 2. The molecule has 0 bridgehead atoms. The second-order valence-corrected chi connectivity index (χ2v) is 6.07. The lowest BCUT2D eigenvalue weighted by Gasteiger charge is -2.29. The minimum absolute atomic E-state index is 0.175. The fourth-order valence-corrected chi connectivity index (χ4v) is 2.94. The molecule has 0 amide bonds. The standard InChI is InChI=1S/C18H17F3N2O6/c1-3-29-14(12(17(25)26)18(27)28)11(9-5-4-8(19)6-10(9)20)15-22-7(2)13(21)16(24)23-15/h4-6,11-12,14H,3H2,1-2H3,(H,25,26)(H,27,28)(H,22,23,24). The number of hydrogen-bond donors (Lipinski definition) is 3. The molecule has 0 fully saturated rings. The molecule has 0 radical (unpaired) electrons. The van der Waals surface area contributed by atoms with E-state index in [-0.39, 0.29) is 17.9 Å². The van der Waals surface area contributed by atoms with E-state index in [9.17, 15) is 37.8 Å². The summed E-state index contributed by atoms with van der Waals surface area (Å²) in [7, 11) is 0. The number of hydrogen-bond acceptors (Lipinski definition) is 5. The number of H-pyrrole nitrogens is 1. The first-order valence-electron chi connectivity index (χ1n) is 8.36. The third-order valence-corrected chi connectivity index (χ3v) is 4.19. The maximum absolute atomic E-state index is 14.5. The summed E-state index contributed by atoms with van der Waals surface area (Å²) in [4.78, 5) is 40.9. The SMILES string of the molecule is CCOC(C(C(=O)O)C(=O)O)C(c1nc(C)c(F)c(=O)[nH]1)c1ccc(F)cc1F. The van der Waals surface area contributed by atoms with Crippen LogP contribution in [0.15, 0.2) is 23.0 Å². The molecule has 0 aliphatic rings. The van der Waals surface area contributed by atoms with E-state index in [4.69, 9.17) is 4.74 Å². The second-order valence-electron chi connectivity index (χ2n) is 6.07. The quantitative estimate of drug-likeness (QED) is 0.562. The van der Waals surface area contributed by atoms with Crippen molar-refractivity contribution in [2.24, 2.45) is 5.92 Å². The average molecular weight is 414 g/mol. The molecule has 8 nitrogen and oxygen atoms in total. The molecule has 2 unspecified atom stereocenters. The van der Waals surface area contributed by atoms with Gasteiger partial charge in [0.1, 0.15) is 17.5 Å². The summed E-state index contributed by atoms with van der Waals surface area (Å²) in [5, 5.41) is 18.8. The Hall–Kier alpha value is -3.21. The molecule has 0 saturated carbocycles. The Morgan fingerprint density at radius 3 is 2.31 bits per heavy atom. The average Bonchev–Trinajstić information content (AvgIpc) is 2.61. The summed E-state index contributed by atoms with van der Waals surface area (Å²) in [5.74, 6) is -11.1. The predicted molar refractivity (Wildman–Crippen MR) is 91.9 cm³/mol. The topological polar surface area (TPSA) is 130 Å². The van der Waals surface area contributed by atoms with Crippen LogP contribution < -0.4 is 5.56 Å². The van der Waals surface area contributed by atoms with Gasteiger partial charge in [-0.3, -0.25) is 14.4 Å². The number of nitrogens with one attached hydrogen (secondary N) is 1. The van der Waals surface area contributed by atoms with Crippen molar-refractivity contribution in [1.29, 1.82) is 0 Å². The minimum Gasteiger partial charge on any atom is -0.481 e.